The Labute approximate surface area is 235 Å². The first-order valence-corrected chi connectivity index (χ1v) is 13.5. The van der Waals surface area contributed by atoms with Crippen LogP contribution >= 0.6 is 11.3 Å². The van der Waals surface area contributed by atoms with Crippen LogP contribution in [0, 0.1) is 0 Å². The zero-order valence-electron chi connectivity index (χ0n) is 21.6. The minimum Gasteiger partial charge on any atom is -0.378 e. The zero-order valence-corrected chi connectivity index (χ0v) is 22.4. The number of fused-ring (bicyclic) bond motifs is 1. The molecule has 0 bridgehead atoms. The van der Waals surface area contributed by atoms with Crippen LogP contribution in [0.5, 0.6) is 0 Å². The van der Waals surface area contributed by atoms with Gasteiger partial charge in [0, 0.05) is 29.1 Å². The van der Waals surface area contributed by atoms with Crippen molar-refractivity contribution in [2.75, 3.05) is 17.2 Å². The molecule has 0 unspecified atom stereocenters. The molecule has 4 N–H and O–H groups in total. The van der Waals surface area contributed by atoms with Gasteiger partial charge in [-0.05, 0) is 41.5 Å². The van der Waals surface area contributed by atoms with Crippen LogP contribution in [0.4, 0.5) is 11.6 Å². The van der Waals surface area contributed by atoms with Gasteiger partial charge in [-0.25, -0.2) is 4.98 Å². The molecule has 5 aromatic rings. The van der Waals surface area contributed by atoms with Crippen LogP contribution in [0.3, 0.4) is 0 Å². The number of Topliss-reactive ketones (excluding diaryl/α,β-unsaturated/α-hetero) is 1. The average molecular weight is 550 g/mol. The summed E-state index contributed by atoms with van der Waals surface area (Å²) >= 11 is 1.38. The molecule has 3 aromatic carbocycles. The molecule has 2 heterocycles. The van der Waals surface area contributed by atoms with Crippen LogP contribution in [0.2, 0.25) is 0 Å². The molecule has 0 aliphatic carbocycles. The molecule has 40 heavy (non-hydrogen) atoms. The number of hydrogen-bond acceptors (Lipinski definition) is 6. The summed E-state index contributed by atoms with van der Waals surface area (Å²) in [6.07, 6.45) is 1.87. The zero-order chi connectivity index (χ0) is 28.1. The molecular formula is C31H27N5O3S. The van der Waals surface area contributed by atoms with E-state index in [-0.39, 0.29) is 31.2 Å². The lowest BCUT2D eigenvalue weighted by Gasteiger charge is -2.09. The Morgan fingerprint density at radius 2 is 1.75 bits per heavy atom. The van der Waals surface area contributed by atoms with Gasteiger partial charge in [0.25, 0.3) is 5.91 Å². The molecule has 0 atom stereocenters. The van der Waals surface area contributed by atoms with Crippen LogP contribution in [0.1, 0.15) is 32.0 Å². The van der Waals surface area contributed by atoms with Gasteiger partial charge in [0.15, 0.2) is 5.78 Å². The fourth-order valence-corrected chi connectivity index (χ4v) is 5.16. The molecule has 0 saturated heterocycles. The highest BCUT2D eigenvalue weighted by Gasteiger charge is 2.17. The van der Waals surface area contributed by atoms with Crippen LogP contribution < -0.4 is 16.4 Å². The number of aryl methyl sites for hydroxylation is 1. The summed E-state index contributed by atoms with van der Waals surface area (Å²) in [7, 11) is 0. The van der Waals surface area contributed by atoms with Gasteiger partial charge in [-0.2, -0.15) is 0 Å². The predicted molar refractivity (Wildman–Crippen MR) is 161 cm³/mol. The van der Waals surface area contributed by atoms with E-state index in [9.17, 15) is 14.4 Å². The monoisotopic (exact) mass is 549 g/mol. The quantitative estimate of drug-likeness (QED) is 0.179. The summed E-state index contributed by atoms with van der Waals surface area (Å²) in [5.41, 5.74) is 10.1. The van der Waals surface area contributed by atoms with E-state index in [1.165, 1.54) is 11.3 Å². The SMILES string of the molecule is C=Cc1ccc(-c2ccc(C(=O)Nc3nc4cc(NCC(=O)c5ccccc5)ccc4n3CCC(N)=O)s2)cc1. The van der Waals surface area contributed by atoms with Crippen LogP contribution in [-0.4, -0.2) is 33.7 Å². The van der Waals surface area contributed by atoms with E-state index in [0.717, 1.165) is 21.5 Å². The number of nitrogens with two attached hydrogens (primary N) is 1. The van der Waals surface area contributed by atoms with E-state index in [2.05, 4.69) is 22.2 Å². The van der Waals surface area contributed by atoms with Crippen molar-refractivity contribution in [2.24, 2.45) is 5.73 Å². The van der Waals surface area contributed by atoms with Crippen molar-refractivity contribution in [3.05, 3.63) is 108 Å². The fourth-order valence-electron chi connectivity index (χ4n) is 4.25. The van der Waals surface area contributed by atoms with E-state index in [1.54, 1.807) is 34.9 Å². The maximum absolute atomic E-state index is 13.2. The number of carbonyl (C=O) groups excluding carboxylic acids is 3. The first-order valence-electron chi connectivity index (χ1n) is 12.7. The van der Waals surface area contributed by atoms with Gasteiger partial charge in [0.2, 0.25) is 11.9 Å². The first-order chi connectivity index (χ1) is 19.4. The number of aromatic nitrogens is 2. The van der Waals surface area contributed by atoms with E-state index in [1.807, 2.05) is 60.7 Å². The second kappa shape index (κ2) is 11.8. The van der Waals surface area contributed by atoms with Crippen molar-refractivity contribution in [1.29, 1.82) is 0 Å². The van der Waals surface area contributed by atoms with Gasteiger partial charge in [-0.15, -0.1) is 11.3 Å². The van der Waals surface area contributed by atoms with Gasteiger partial charge < -0.3 is 15.6 Å². The third-order valence-corrected chi connectivity index (χ3v) is 7.50. The van der Waals surface area contributed by atoms with Gasteiger partial charge in [-0.3, -0.25) is 19.7 Å². The second-order valence-electron chi connectivity index (χ2n) is 9.09. The maximum Gasteiger partial charge on any atom is 0.268 e. The molecule has 5 rings (SSSR count). The normalized spacial score (nSPS) is 10.8. The topological polar surface area (TPSA) is 119 Å². The second-order valence-corrected chi connectivity index (χ2v) is 10.2. The highest BCUT2D eigenvalue weighted by molar-refractivity contribution is 7.17. The summed E-state index contributed by atoms with van der Waals surface area (Å²) in [6, 6.07) is 26.2. The lowest BCUT2D eigenvalue weighted by Crippen LogP contribution is -2.18. The molecule has 0 radical (unpaired) electrons. The number of amides is 2. The maximum atomic E-state index is 13.2. The molecule has 0 aliphatic heterocycles. The molecule has 0 saturated carbocycles. The Hall–Kier alpha value is -5.02. The van der Waals surface area contributed by atoms with E-state index < -0.39 is 5.91 Å². The Kier molecular flexibility index (Phi) is 7.84. The molecule has 0 fully saturated rings. The summed E-state index contributed by atoms with van der Waals surface area (Å²) in [5, 5.41) is 6.04. The van der Waals surface area contributed by atoms with E-state index >= 15 is 0 Å². The number of rotatable bonds is 11. The Bertz CT molecular complexity index is 1700. The van der Waals surface area contributed by atoms with Crippen LogP contribution in [0.15, 0.2) is 91.5 Å². The average Bonchev–Trinajstić information content (AvgIpc) is 3.60. The van der Waals surface area contributed by atoms with Crippen molar-refractivity contribution in [3.63, 3.8) is 0 Å². The van der Waals surface area contributed by atoms with Crippen molar-refractivity contribution >= 4 is 57.7 Å². The van der Waals surface area contributed by atoms with Crippen molar-refractivity contribution in [3.8, 4) is 10.4 Å². The van der Waals surface area contributed by atoms with Gasteiger partial charge in [0.1, 0.15) is 0 Å². The van der Waals surface area contributed by atoms with Crippen molar-refractivity contribution in [1.82, 2.24) is 9.55 Å². The number of benzene rings is 3. The lowest BCUT2D eigenvalue weighted by molar-refractivity contribution is -0.118. The molecule has 2 aromatic heterocycles. The third kappa shape index (κ3) is 6.00. The van der Waals surface area contributed by atoms with E-state index in [0.29, 0.717) is 27.6 Å². The molecule has 0 aliphatic rings. The van der Waals surface area contributed by atoms with E-state index in [4.69, 9.17) is 5.73 Å². The number of imidazole rings is 1. The number of ketones is 1. The number of carbonyl (C=O) groups is 3. The number of nitrogens with one attached hydrogen (secondary N) is 2. The number of hydrogen-bond donors (Lipinski definition) is 3. The highest BCUT2D eigenvalue weighted by Crippen LogP contribution is 2.30. The summed E-state index contributed by atoms with van der Waals surface area (Å²) in [4.78, 5) is 43.3. The van der Waals surface area contributed by atoms with Crippen molar-refractivity contribution < 1.29 is 14.4 Å². The first kappa shape index (κ1) is 26.6. The molecular weight excluding hydrogens is 522 g/mol. The summed E-state index contributed by atoms with van der Waals surface area (Å²) in [6.45, 7) is 4.16. The Morgan fingerprint density at radius 3 is 2.48 bits per heavy atom. The van der Waals surface area contributed by atoms with Crippen LogP contribution in [0.25, 0.3) is 27.6 Å². The summed E-state index contributed by atoms with van der Waals surface area (Å²) < 4.78 is 1.76. The van der Waals surface area contributed by atoms with Gasteiger partial charge >= 0.3 is 0 Å². The Morgan fingerprint density at radius 1 is 0.975 bits per heavy atom. The number of anilines is 2. The molecule has 9 heteroatoms. The minimum atomic E-state index is -0.456. The third-order valence-electron chi connectivity index (χ3n) is 6.36. The minimum absolute atomic E-state index is 0.0346. The summed E-state index contributed by atoms with van der Waals surface area (Å²) in [5.74, 6) is -0.486. The Balaban J connectivity index is 1.36. The smallest absolute Gasteiger partial charge is 0.268 e. The molecule has 8 nitrogen and oxygen atoms in total. The number of nitrogens with zero attached hydrogens (tertiary/aromatic N) is 2. The standard InChI is InChI=1S/C31H27N5O3S/c1-2-20-8-10-22(11-9-20)27-14-15-28(40-27)30(39)35-31-34-24-18-23(12-13-25(24)36(31)17-16-29(32)38)33-19-26(37)21-6-4-3-5-7-21/h2-15,18,33H,1,16-17,19H2,(H2,32,38)(H,34,35,39). The number of thiophene rings is 1. The van der Waals surface area contributed by atoms with Gasteiger partial charge in [0.05, 0.1) is 22.5 Å². The predicted octanol–water partition coefficient (Wildman–Crippen LogP) is 5.83. The van der Waals surface area contributed by atoms with Crippen LogP contribution in [-0.2, 0) is 11.3 Å². The molecule has 0 spiro atoms. The molecule has 200 valence electrons. The van der Waals surface area contributed by atoms with Gasteiger partial charge in [-0.1, -0.05) is 67.3 Å². The highest BCUT2D eigenvalue weighted by atomic mass is 32.1. The van der Waals surface area contributed by atoms with Crippen molar-refractivity contribution in [2.45, 2.75) is 13.0 Å². The largest absolute Gasteiger partial charge is 0.378 e. The lowest BCUT2D eigenvalue weighted by atomic mass is 10.1. The molecule has 2 amide bonds. The fraction of sp³-hybridized carbons (Fsp3) is 0.0968. The number of primary amides is 1.